The Bertz CT molecular complexity index is 706. The number of hydrogen-bond acceptors (Lipinski definition) is 4. The fourth-order valence-corrected chi connectivity index (χ4v) is 4.36. The topological polar surface area (TPSA) is 60.2 Å². The average Bonchev–Trinajstić information content (AvgIpc) is 3.42. The molecule has 24 heavy (non-hydrogen) atoms. The summed E-state index contributed by atoms with van der Waals surface area (Å²) in [4.78, 5) is 21.3. The Morgan fingerprint density at radius 3 is 2.88 bits per heavy atom. The van der Waals surface area contributed by atoms with Gasteiger partial charge in [0.15, 0.2) is 0 Å². The monoisotopic (exact) mass is 324 g/mol. The lowest BCUT2D eigenvalue weighted by Crippen LogP contribution is -2.54. The van der Waals surface area contributed by atoms with Crippen molar-refractivity contribution in [1.82, 2.24) is 9.88 Å². The van der Waals surface area contributed by atoms with Gasteiger partial charge in [0.1, 0.15) is 11.9 Å². The third-order valence-electron chi connectivity index (χ3n) is 5.78. The van der Waals surface area contributed by atoms with Crippen molar-refractivity contribution in [2.45, 2.75) is 51.5 Å². The highest BCUT2D eigenvalue weighted by molar-refractivity contribution is 5.78. The molecule has 1 spiro atoms. The minimum Gasteiger partial charge on any atom is -0.355 e. The average molecular weight is 324 g/mol. The molecule has 5 nitrogen and oxygen atoms in total. The van der Waals surface area contributed by atoms with Crippen LogP contribution in [0.4, 0.5) is 5.82 Å². The van der Waals surface area contributed by atoms with Gasteiger partial charge in [0.25, 0.3) is 0 Å². The fraction of sp³-hybridized carbons (Fsp3) is 0.632. The van der Waals surface area contributed by atoms with Gasteiger partial charge in [-0.15, -0.1) is 0 Å². The summed E-state index contributed by atoms with van der Waals surface area (Å²) >= 11 is 0. The maximum Gasteiger partial charge on any atom is 0.222 e. The van der Waals surface area contributed by atoms with E-state index in [0.717, 1.165) is 44.0 Å². The Kier molecular flexibility index (Phi) is 3.71. The first-order chi connectivity index (χ1) is 11.6. The maximum absolute atomic E-state index is 12.3. The molecule has 5 heteroatoms. The van der Waals surface area contributed by atoms with Crippen LogP contribution in [0.5, 0.6) is 0 Å². The second kappa shape index (κ2) is 5.77. The van der Waals surface area contributed by atoms with Crippen molar-refractivity contribution >= 4 is 11.7 Å². The van der Waals surface area contributed by atoms with Crippen molar-refractivity contribution in [2.75, 3.05) is 24.5 Å². The molecule has 3 fully saturated rings. The van der Waals surface area contributed by atoms with Gasteiger partial charge in [-0.05, 0) is 51.2 Å². The summed E-state index contributed by atoms with van der Waals surface area (Å²) < 4.78 is 0. The Morgan fingerprint density at radius 2 is 2.12 bits per heavy atom. The number of anilines is 1. The molecular formula is C19H24N4O. The van der Waals surface area contributed by atoms with Crippen LogP contribution in [0, 0.1) is 23.7 Å². The van der Waals surface area contributed by atoms with E-state index in [1.54, 1.807) is 0 Å². The van der Waals surface area contributed by atoms with Gasteiger partial charge in [-0.3, -0.25) is 4.79 Å². The predicted molar refractivity (Wildman–Crippen MR) is 91.5 cm³/mol. The van der Waals surface area contributed by atoms with Gasteiger partial charge in [-0.25, -0.2) is 4.98 Å². The van der Waals surface area contributed by atoms with Crippen molar-refractivity contribution in [1.29, 1.82) is 5.26 Å². The number of pyridine rings is 1. The van der Waals surface area contributed by atoms with E-state index in [0.29, 0.717) is 23.9 Å². The molecule has 1 atom stereocenters. The van der Waals surface area contributed by atoms with Crippen LogP contribution in [0.2, 0.25) is 0 Å². The molecule has 1 amide bonds. The molecule has 2 saturated heterocycles. The van der Waals surface area contributed by atoms with Crippen molar-refractivity contribution < 1.29 is 4.79 Å². The first kappa shape index (κ1) is 15.4. The quantitative estimate of drug-likeness (QED) is 0.839. The van der Waals surface area contributed by atoms with Gasteiger partial charge in [0.2, 0.25) is 5.91 Å². The second-order valence-corrected chi connectivity index (χ2v) is 7.71. The van der Waals surface area contributed by atoms with Gasteiger partial charge in [-0.2, -0.15) is 5.26 Å². The number of carbonyl (C=O) groups excluding carboxylic acids is 1. The third kappa shape index (κ3) is 2.75. The lowest BCUT2D eigenvalue weighted by atomic mass is 9.73. The number of nitriles is 1. The van der Waals surface area contributed by atoms with Crippen LogP contribution >= 0.6 is 0 Å². The molecule has 1 unspecified atom stereocenters. The van der Waals surface area contributed by atoms with Crippen LogP contribution in [-0.2, 0) is 4.79 Å². The highest BCUT2D eigenvalue weighted by Gasteiger charge is 2.46. The van der Waals surface area contributed by atoms with E-state index < -0.39 is 0 Å². The molecule has 0 radical (unpaired) electrons. The predicted octanol–water partition coefficient (Wildman–Crippen LogP) is 2.63. The molecule has 0 N–H and O–H groups in total. The number of piperidine rings is 2. The number of likely N-dealkylation sites (tertiary alicyclic amines) is 1. The number of aromatic nitrogens is 1. The zero-order chi connectivity index (χ0) is 16.7. The Balaban J connectivity index is 1.59. The summed E-state index contributed by atoms with van der Waals surface area (Å²) in [6.45, 7) is 4.72. The zero-order valence-corrected chi connectivity index (χ0v) is 14.3. The zero-order valence-electron chi connectivity index (χ0n) is 14.3. The SMILES string of the molecule is Cc1ccc(C#N)c(N2CCCC3(CCC(=O)N(C4CC4)C3)C2)n1. The Morgan fingerprint density at radius 1 is 1.29 bits per heavy atom. The van der Waals surface area contributed by atoms with Crippen molar-refractivity contribution in [3.8, 4) is 6.07 Å². The van der Waals surface area contributed by atoms with Gasteiger partial charge < -0.3 is 9.80 Å². The van der Waals surface area contributed by atoms with Gasteiger partial charge in [0.05, 0.1) is 5.56 Å². The lowest BCUT2D eigenvalue weighted by Gasteiger charge is -2.48. The summed E-state index contributed by atoms with van der Waals surface area (Å²) in [5.41, 5.74) is 1.78. The molecule has 4 rings (SSSR count). The van der Waals surface area contributed by atoms with E-state index in [2.05, 4.69) is 20.9 Å². The molecule has 2 aliphatic heterocycles. The first-order valence-corrected chi connectivity index (χ1v) is 9.02. The Labute approximate surface area is 143 Å². The van der Waals surface area contributed by atoms with Gasteiger partial charge in [-0.1, -0.05) is 0 Å². The molecule has 1 aromatic heterocycles. The van der Waals surface area contributed by atoms with Crippen molar-refractivity contribution in [3.05, 3.63) is 23.4 Å². The van der Waals surface area contributed by atoms with E-state index in [4.69, 9.17) is 0 Å². The summed E-state index contributed by atoms with van der Waals surface area (Å²) in [5.74, 6) is 1.16. The van der Waals surface area contributed by atoms with Gasteiger partial charge >= 0.3 is 0 Å². The molecule has 126 valence electrons. The van der Waals surface area contributed by atoms with E-state index in [1.807, 2.05) is 19.1 Å². The smallest absolute Gasteiger partial charge is 0.222 e. The van der Waals surface area contributed by atoms with Gasteiger partial charge in [0, 0.05) is 43.2 Å². The van der Waals surface area contributed by atoms with Crippen LogP contribution < -0.4 is 4.90 Å². The number of aryl methyl sites for hydroxylation is 1. The molecule has 1 saturated carbocycles. The van der Waals surface area contributed by atoms with Crippen molar-refractivity contribution in [2.24, 2.45) is 5.41 Å². The minimum atomic E-state index is 0.174. The molecule has 1 aliphatic carbocycles. The lowest BCUT2D eigenvalue weighted by molar-refractivity contribution is -0.138. The summed E-state index contributed by atoms with van der Waals surface area (Å²) in [5, 5.41) is 9.43. The number of carbonyl (C=O) groups is 1. The first-order valence-electron chi connectivity index (χ1n) is 9.02. The molecule has 0 bridgehead atoms. The highest BCUT2D eigenvalue weighted by atomic mass is 16.2. The van der Waals surface area contributed by atoms with Crippen molar-refractivity contribution in [3.63, 3.8) is 0 Å². The fourth-order valence-electron chi connectivity index (χ4n) is 4.36. The number of hydrogen-bond donors (Lipinski definition) is 0. The maximum atomic E-state index is 12.3. The van der Waals surface area contributed by atoms with Crippen LogP contribution in [0.15, 0.2) is 12.1 Å². The van der Waals surface area contributed by atoms with Crippen LogP contribution in [-0.4, -0.2) is 41.5 Å². The summed E-state index contributed by atoms with van der Waals surface area (Å²) in [6, 6.07) is 6.56. The summed E-state index contributed by atoms with van der Waals surface area (Å²) in [7, 11) is 0. The third-order valence-corrected chi connectivity index (χ3v) is 5.78. The number of amides is 1. The highest BCUT2D eigenvalue weighted by Crippen LogP contribution is 2.43. The molecule has 3 heterocycles. The van der Waals surface area contributed by atoms with Crippen LogP contribution in [0.3, 0.4) is 0 Å². The normalized spacial score (nSPS) is 27.4. The van der Waals surface area contributed by atoms with E-state index in [1.165, 1.54) is 19.3 Å². The molecule has 3 aliphatic rings. The molecule has 1 aromatic rings. The molecular weight excluding hydrogens is 300 g/mol. The van der Waals surface area contributed by atoms with Crippen LogP contribution in [0.1, 0.15) is 49.8 Å². The minimum absolute atomic E-state index is 0.174. The number of nitrogens with zero attached hydrogens (tertiary/aromatic N) is 4. The van der Waals surface area contributed by atoms with E-state index >= 15 is 0 Å². The Hall–Kier alpha value is -2.09. The standard InChI is InChI=1S/C19H24N4O/c1-14-3-4-15(11-20)18(21-14)22-10-2-8-19(12-22)9-7-17(24)23(13-19)16-5-6-16/h3-4,16H,2,5-10,12-13H2,1H3. The van der Waals surface area contributed by atoms with E-state index in [-0.39, 0.29) is 5.41 Å². The number of rotatable bonds is 2. The van der Waals surface area contributed by atoms with E-state index in [9.17, 15) is 10.1 Å². The molecule has 0 aromatic carbocycles. The largest absolute Gasteiger partial charge is 0.355 e. The van der Waals surface area contributed by atoms with Crippen LogP contribution in [0.25, 0.3) is 0 Å². The summed E-state index contributed by atoms with van der Waals surface area (Å²) in [6.07, 6.45) is 6.27. The second-order valence-electron chi connectivity index (χ2n) is 7.71.